The topological polar surface area (TPSA) is 54.7 Å². The van der Waals surface area contributed by atoms with E-state index in [9.17, 15) is 0 Å². The number of hydrogen-bond donors (Lipinski definition) is 2. The van der Waals surface area contributed by atoms with Crippen molar-refractivity contribution in [2.24, 2.45) is 0 Å². The molecule has 0 atom stereocenters. The van der Waals surface area contributed by atoms with Crippen molar-refractivity contribution in [1.29, 1.82) is 0 Å². The first-order valence-corrected chi connectivity index (χ1v) is 3.43. The Bertz CT molecular complexity index is 369. The summed E-state index contributed by atoms with van der Waals surface area (Å²) in [7, 11) is 0. The van der Waals surface area contributed by atoms with Crippen molar-refractivity contribution in [1.82, 2.24) is 9.97 Å². The molecule has 0 unspecified atom stereocenters. The smallest absolute Gasteiger partial charge is 0.198 e. The number of hydrogen-bond acceptors (Lipinski definition) is 3. The van der Waals surface area contributed by atoms with Crippen LogP contribution >= 0.6 is 12.2 Å². The Morgan fingerprint density at radius 1 is 1.73 bits per heavy atom. The molecule has 11 heavy (non-hydrogen) atoms. The third-order valence-corrected chi connectivity index (χ3v) is 1.31. The molecule has 1 rings (SSSR count). The van der Waals surface area contributed by atoms with E-state index in [1.54, 1.807) is 13.1 Å². The van der Waals surface area contributed by atoms with Gasteiger partial charge >= 0.3 is 0 Å². The number of nitrogens with zero attached hydrogens (tertiary/aromatic N) is 1. The van der Waals surface area contributed by atoms with Crippen molar-refractivity contribution in [3.63, 3.8) is 0 Å². The maximum atomic E-state index is 5.51. The Hall–Kier alpha value is -1.34. The van der Waals surface area contributed by atoms with Gasteiger partial charge in [-0.3, -0.25) is 0 Å². The van der Waals surface area contributed by atoms with E-state index in [0.717, 1.165) is 0 Å². The van der Waals surface area contributed by atoms with Crippen molar-refractivity contribution < 1.29 is 0 Å². The van der Waals surface area contributed by atoms with Gasteiger partial charge in [0.05, 0.1) is 5.56 Å². The van der Waals surface area contributed by atoms with Gasteiger partial charge in [-0.25, -0.2) is 4.98 Å². The third kappa shape index (κ3) is 1.79. The number of nitrogens with two attached hydrogens (primary N) is 1. The van der Waals surface area contributed by atoms with Crippen molar-refractivity contribution in [2.45, 2.75) is 6.92 Å². The molecule has 4 heteroatoms. The molecule has 0 spiro atoms. The zero-order chi connectivity index (χ0) is 8.27. The minimum Gasteiger partial charge on any atom is -0.383 e. The number of anilines is 1. The molecule has 0 saturated carbocycles. The minimum absolute atomic E-state index is 0.378. The lowest BCUT2D eigenvalue weighted by atomic mass is 10.3. The van der Waals surface area contributed by atoms with Crippen LogP contribution in [0.2, 0.25) is 0 Å². The van der Waals surface area contributed by atoms with Crippen LogP contribution in [0.4, 0.5) is 5.82 Å². The molecule has 0 aliphatic rings. The molecular weight excluding hydrogens is 158 g/mol. The van der Waals surface area contributed by atoms with Crippen LogP contribution in [0.15, 0.2) is 6.20 Å². The molecular formula is C7H7N3S. The molecule has 0 fully saturated rings. The first-order chi connectivity index (χ1) is 5.24. The molecule has 1 aromatic rings. The van der Waals surface area contributed by atoms with Gasteiger partial charge in [0.2, 0.25) is 0 Å². The summed E-state index contributed by atoms with van der Waals surface area (Å²) in [6.07, 6.45) is 1.65. The van der Waals surface area contributed by atoms with Crippen LogP contribution in [0.5, 0.6) is 0 Å². The molecule has 0 saturated heterocycles. The zero-order valence-electron chi connectivity index (χ0n) is 6.01. The first kappa shape index (κ1) is 7.76. The molecule has 1 heterocycles. The highest BCUT2D eigenvalue weighted by atomic mass is 32.1. The lowest BCUT2D eigenvalue weighted by Crippen LogP contribution is -1.95. The average Bonchev–Trinajstić information content (AvgIpc) is 1.95. The van der Waals surface area contributed by atoms with Gasteiger partial charge in [-0.05, 0) is 19.1 Å². The highest BCUT2D eigenvalue weighted by Gasteiger charge is 1.93. The largest absolute Gasteiger partial charge is 0.383 e. The van der Waals surface area contributed by atoms with E-state index >= 15 is 0 Å². The summed E-state index contributed by atoms with van der Waals surface area (Å²) in [6, 6.07) is 0. The fourth-order valence-electron chi connectivity index (χ4n) is 0.645. The van der Waals surface area contributed by atoms with Crippen LogP contribution in [0.3, 0.4) is 0 Å². The van der Waals surface area contributed by atoms with Crippen LogP contribution < -0.4 is 5.73 Å². The summed E-state index contributed by atoms with van der Waals surface area (Å²) >= 11 is 4.75. The second-order valence-electron chi connectivity index (χ2n) is 1.88. The quantitative estimate of drug-likeness (QED) is 0.447. The number of nitrogens with one attached hydrogen (secondary N) is 1. The van der Waals surface area contributed by atoms with Crippen LogP contribution in [0, 0.1) is 16.6 Å². The summed E-state index contributed by atoms with van der Waals surface area (Å²) in [5, 5.41) is 0. The van der Waals surface area contributed by atoms with Crippen molar-refractivity contribution in [3.8, 4) is 11.8 Å². The maximum absolute atomic E-state index is 5.51. The molecule has 0 radical (unpaired) electrons. The maximum Gasteiger partial charge on any atom is 0.198 e. The molecule has 3 nitrogen and oxygen atoms in total. The Morgan fingerprint density at radius 2 is 2.45 bits per heavy atom. The number of nitrogen functional groups attached to an aromatic ring is 1. The minimum atomic E-state index is 0.378. The standard InChI is InChI=1S/C7H7N3S/c1-2-3-5-4-9-7(11)10-6(5)8/h4H,1H3,(H3,8,9,10,11). The van der Waals surface area contributed by atoms with E-state index < -0.39 is 0 Å². The molecule has 0 bridgehead atoms. The first-order valence-electron chi connectivity index (χ1n) is 3.02. The molecule has 3 N–H and O–H groups in total. The van der Waals surface area contributed by atoms with Gasteiger partial charge < -0.3 is 10.7 Å². The SMILES string of the molecule is CC#Cc1c[nH]c(=S)nc1N. The van der Waals surface area contributed by atoms with Gasteiger partial charge in [0.25, 0.3) is 0 Å². The molecule has 0 aliphatic carbocycles. The predicted molar refractivity (Wildman–Crippen MR) is 46.4 cm³/mol. The second-order valence-corrected chi connectivity index (χ2v) is 2.27. The molecule has 1 aromatic heterocycles. The molecule has 0 aromatic carbocycles. The fourth-order valence-corrected chi connectivity index (χ4v) is 0.802. The van der Waals surface area contributed by atoms with Gasteiger partial charge in [0.15, 0.2) is 4.77 Å². The normalized spacial score (nSPS) is 8.45. The van der Waals surface area contributed by atoms with Crippen molar-refractivity contribution in [3.05, 3.63) is 16.5 Å². The lowest BCUT2D eigenvalue weighted by Gasteiger charge is -1.93. The third-order valence-electron chi connectivity index (χ3n) is 1.10. The Balaban J connectivity index is 3.27. The number of H-pyrrole nitrogens is 1. The van der Waals surface area contributed by atoms with E-state index in [-0.39, 0.29) is 0 Å². The van der Waals surface area contributed by atoms with Gasteiger partial charge in [0.1, 0.15) is 5.82 Å². The van der Waals surface area contributed by atoms with E-state index in [4.69, 9.17) is 18.0 Å². The Kier molecular flexibility index (Phi) is 2.24. The summed E-state index contributed by atoms with van der Waals surface area (Å²) in [4.78, 5) is 6.57. The molecule has 56 valence electrons. The van der Waals surface area contributed by atoms with E-state index in [1.807, 2.05) is 0 Å². The van der Waals surface area contributed by atoms with Crippen molar-refractivity contribution >= 4 is 18.0 Å². The fraction of sp³-hybridized carbons (Fsp3) is 0.143. The summed E-state index contributed by atoms with van der Waals surface area (Å²) < 4.78 is 0.379. The lowest BCUT2D eigenvalue weighted by molar-refractivity contribution is 1.13. The predicted octanol–water partition coefficient (Wildman–Crippen LogP) is 1.09. The summed E-state index contributed by atoms with van der Waals surface area (Å²) in [5.74, 6) is 5.89. The van der Waals surface area contributed by atoms with E-state index in [2.05, 4.69) is 21.8 Å². The summed E-state index contributed by atoms with van der Waals surface area (Å²) in [5.41, 5.74) is 6.19. The Morgan fingerprint density at radius 3 is 3.00 bits per heavy atom. The van der Waals surface area contributed by atoms with Crippen LogP contribution in [0.25, 0.3) is 0 Å². The Labute approximate surface area is 69.7 Å². The van der Waals surface area contributed by atoms with Gasteiger partial charge in [-0.2, -0.15) is 0 Å². The number of aromatic amines is 1. The van der Waals surface area contributed by atoms with Crippen LogP contribution in [0.1, 0.15) is 12.5 Å². The zero-order valence-corrected chi connectivity index (χ0v) is 6.83. The molecule has 0 amide bonds. The van der Waals surface area contributed by atoms with Crippen LogP contribution in [-0.2, 0) is 0 Å². The highest BCUT2D eigenvalue weighted by Crippen LogP contribution is 2.02. The summed E-state index contributed by atoms with van der Waals surface area (Å²) in [6.45, 7) is 1.74. The second kappa shape index (κ2) is 3.17. The number of aromatic nitrogens is 2. The van der Waals surface area contributed by atoms with Gasteiger partial charge in [0, 0.05) is 6.20 Å². The number of rotatable bonds is 0. The average molecular weight is 165 g/mol. The van der Waals surface area contributed by atoms with E-state index in [0.29, 0.717) is 16.2 Å². The molecule has 0 aliphatic heterocycles. The van der Waals surface area contributed by atoms with Gasteiger partial charge in [-0.1, -0.05) is 5.92 Å². The van der Waals surface area contributed by atoms with Gasteiger partial charge in [-0.15, -0.1) is 5.92 Å². The van der Waals surface area contributed by atoms with E-state index in [1.165, 1.54) is 0 Å². The highest BCUT2D eigenvalue weighted by molar-refractivity contribution is 7.71. The van der Waals surface area contributed by atoms with Crippen LogP contribution in [-0.4, -0.2) is 9.97 Å². The monoisotopic (exact) mass is 165 g/mol. The van der Waals surface area contributed by atoms with Crippen molar-refractivity contribution in [2.75, 3.05) is 5.73 Å².